The number of allylic oxidation sites excluding steroid dienone is 6. The van der Waals surface area contributed by atoms with Crippen molar-refractivity contribution in [3.63, 3.8) is 0 Å². The van der Waals surface area contributed by atoms with Gasteiger partial charge in [-0.3, -0.25) is 14.4 Å². The molecule has 0 radical (unpaired) electrons. The summed E-state index contributed by atoms with van der Waals surface area (Å²) in [5, 5.41) is 0. The van der Waals surface area contributed by atoms with Crippen LogP contribution >= 0.6 is 0 Å². The van der Waals surface area contributed by atoms with Gasteiger partial charge in [0, 0.05) is 19.3 Å². The molecule has 1 atom stereocenters. The fourth-order valence-electron chi connectivity index (χ4n) is 7.77. The Kier molecular flexibility index (Phi) is 49.3. The molecule has 62 heavy (non-hydrogen) atoms. The van der Waals surface area contributed by atoms with Crippen LogP contribution in [0.5, 0.6) is 0 Å². The first kappa shape index (κ1) is 59.6. The summed E-state index contributed by atoms with van der Waals surface area (Å²) < 4.78 is 16.8. The molecule has 0 saturated heterocycles. The SMILES string of the molecule is CCCC/C=C\C=C/CCCCCC(=O)OCC(COC(=O)CCCCCCCCCCCCCCCCCCCC)OC(=O)CCCCCCCCC/C=C\CCCCCC. The first-order valence-electron chi connectivity index (χ1n) is 27.0. The Labute approximate surface area is 385 Å². The first-order chi connectivity index (χ1) is 30.5. The third-order valence-electron chi connectivity index (χ3n) is 11.9. The molecule has 6 nitrogen and oxygen atoms in total. The predicted octanol–water partition coefficient (Wildman–Crippen LogP) is 17.7. The van der Waals surface area contributed by atoms with E-state index >= 15 is 0 Å². The molecule has 1 unspecified atom stereocenters. The van der Waals surface area contributed by atoms with Gasteiger partial charge in [0.1, 0.15) is 13.2 Å². The highest BCUT2D eigenvalue weighted by Crippen LogP contribution is 2.16. The van der Waals surface area contributed by atoms with Crippen molar-refractivity contribution in [1.29, 1.82) is 0 Å². The number of carbonyl (C=O) groups is 3. The van der Waals surface area contributed by atoms with Crippen LogP contribution in [0.3, 0.4) is 0 Å². The number of ether oxygens (including phenoxy) is 3. The third kappa shape index (κ3) is 48.7. The zero-order valence-electron chi connectivity index (χ0n) is 41.4. The van der Waals surface area contributed by atoms with E-state index in [4.69, 9.17) is 14.2 Å². The molecular weight excluding hydrogens is 769 g/mol. The van der Waals surface area contributed by atoms with E-state index in [0.717, 1.165) is 70.6 Å². The highest BCUT2D eigenvalue weighted by atomic mass is 16.6. The molecule has 6 heteroatoms. The minimum Gasteiger partial charge on any atom is -0.462 e. The van der Waals surface area contributed by atoms with Crippen molar-refractivity contribution in [3.8, 4) is 0 Å². The van der Waals surface area contributed by atoms with Crippen molar-refractivity contribution in [1.82, 2.24) is 0 Å². The zero-order chi connectivity index (χ0) is 45.1. The normalized spacial score (nSPS) is 12.2. The van der Waals surface area contributed by atoms with Gasteiger partial charge in [-0.15, -0.1) is 0 Å². The van der Waals surface area contributed by atoms with Gasteiger partial charge < -0.3 is 14.2 Å². The van der Waals surface area contributed by atoms with E-state index in [2.05, 4.69) is 57.2 Å². The van der Waals surface area contributed by atoms with Crippen LogP contribution in [-0.4, -0.2) is 37.2 Å². The van der Waals surface area contributed by atoms with Crippen LogP contribution in [0.4, 0.5) is 0 Å². The third-order valence-corrected chi connectivity index (χ3v) is 11.9. The van der Waals surface area contributed by atoms with Gasteiger partial charge in [-0.2, -0.15) is 0 Å². The maximum Gasteiger partial charge on any atom is 0.306 e. The highest BCUT2D eigenvalue weighted by Gasteiger charge is 2.19. The second-order valence-electron chi connectivity index (χ2n) is 18.2. The Morgan fingerprint density at radius 3 is 0.984 bits per heavy atom. The summed E-state index contributed by atoms with van der Waals surface area (Å²) in [6, 6.07) is 0. The van der Waals surface area contributed by atoms with Crippen LogP contribution < -0.4 is 0 Å². The summed E-state index contributed by atoms with van der Waals surface area (Å²) in [6.45, 7) is 6.58. The number of carbonyl (C=O) groups excluding carboxylic acids is 3. The molecule has 0 rings (SSSR count). The molecule has 0 aliphatic rings. The van der Waals surface area contributed by atoms with Gasteiger partial charge in [-0.05, 0) is 64.2 Å². The second-order valence-corrected chi connectivity index (χ2v) is 18.2. The summed E-state index contributed by atoms with van der Waals surface area (Å²) in [4.78, 5) is 38.0. The summed E-state index contributed by atoms with van der Waals surface area (Å²) in [7, 11) is 0. The topological polar surface area (TPSA) is 78.9 Å². The van der Waals surface area contributed by atoms with Crippen LogP contribution in [0.25, 0.3) is 0 Å². The summed E-state index contributed by atoms with van der Waals surface area (Å²) in [5.74, 6) is -0.901. The molecule has 0 bridgehead atoms. The molecule has 0 fully saturated rings. The van der Waals surface area contributed by atoms with Crippen molar-refractivity contribution < 1.29 is 28.6 Å². The van der Waals surface area contributed by atoms with E-state index in [1.807, 2.05) is 0 Å². The lowest BCUT2D eigenvalue weighted by Gasteiger charge is -2.18. The number of esters is 3. The molecule has 0 aliphatic heterocycles. The van der Waals surface area contributed by atoms with Crippen LogP contribution in [0.1, 0.15) is 284 Å². The van der Waals surface area contributed by atoms with Gasteiger partial charge in [-0.25, -0.2) is 0 Å². The van der Waals surface area contributed by atoms with E-state index in [1.54, 1.807) is 0 Å². The van der Waals surface area contributed by atoms with Crippen molar-refractivity contribution in [2.75, 3.05) is 13.2 Å². The zero-order valence-corrected chi connectivity index (χ0v) is 41.4. The van der Waals surface area contributed by atoms with Gasteiger partial charge in [0.15, 0.2) is 6.10 Å². The molecule has 0 saturated carbocycles. The highest BCUT2D eigenvalue weighted by molar-refractivity contribution is 5.71. The maximum atomic E-state index is 12.8. The van der Waals surface area contributed by atoms with Gasteiger partial charge >= 0.3 is 17.9 Å². The Morgan fingerprint density at radius 2 is 0.597 bits per heavy atom. The van der Waals surface area contributed by atoms with Crippen molar-refractivity contribution in [2.24, 2.45) is 0 Å². The molecule has 0 N–H and O–H groups in total. The molecule has 0 aromatic heterocycles. The van der Waals surface area contributed by atoms with Crippen LogP contribution in [0.15, 0.2) is 36.5 Å². The van der Waals surface area contributed by atoms with Crippen LogP contribution in [-0.2, 0) is 28.6 Å². The molecular formula is C56H102O6. The number of rotatable bonds is 49. The summed E-state index contributed by atoms with van der Waals surface area (Å²) >= 11 is 0. The van der Waals surface area contributed by atoms with E-state index in [0.29, 0.717) is 19.3 Å². The van der Waals surface area contributed by atoms with E-state index in [-0.39, 0.29) is 31.1 Å². The minimum atomic E-state index is -0.781. The van der Waals surface area contributed by atoms with Gasteiger partial charge in [0.05, 0.1) is 0 Å². The van der Waals surface area contributed by atoms with Crippen molar-refractivity contribution in [3.05, 3.63) is 36.5 Å². The second kappa shape index (κ2) is 51.3. The van der Waals surface area contributed by atoms with Gasteiger partial charge in [-0.1, -0.05) is 237 Å². The molecule has 0 aromatic carbocycles. The molecule has 362 valence electrons. The van der Waals surface area contributed by atoms with Crippen molar-refractivity contribution >= 4 is 17.9 Å². The predicted molar refractivity (Wildman–Crippen MR) is 266 cm³/mol. The fourth-order valence-corrected chi connectivity index (χ4v) is 7.77. The maximum absolute atomic E-state index is 12.8. The lowest BCUT2D eigenvalue weighted by atomic mass is 10.0. The number of unbranched alkanes of at least 4 members (excludes halogenated alkanes) is 33. The molecule has 0 amide bonds. The van der Waals surface area contributed by atoms with E-state index in [9.17, 15) is 14.4 Å². The smallest absolute Gasteiger partial charge is 0.306 e. The van der Waals surface area contributed by atoms with Crippen LogP contribution in [0, 0.1) is 0 Å². The number of hydrogen-bond donors (Lipinski definition) is 0. The molecule has 0 spiro atoms. The van der Waals surface area contributed by atoms with Gasteiger partial charge in [0.2, 0.25) is 0 Å². The lowest BCUT2D eigenvalue weighted by Crippen LogP contribution is -2.30. The molecule has 0 heterocycles. The number of hydrogen-bond acceptors (Lipinski definition) is 6. The molecule has 0 aliphatic carbocycles. The lowest BCUT2D eigenvalue weighted by molar-refractivity contribution is -0.167. The molecule has 0 aromatic rings. The quantitative estimate of drug-likeness (QED) is 0.0199. The average molecular weight is 871 g/mol. The Morgan fingerprint density at radius 1 is 0.323 bits per heavy atom. The van der Waals surface area contributed by atoms with Crippen LogP contribution in [0.2, 0.25) is 0 Å². The standard InChI is InChI=1S/C56H102O6/c1-4-7-10-13-16-19-22-24-26-27-28-30-31-34-37-40-43-46-49-55(58)61-52-53(51-60-54(57)48-45-42-39-36-33-21-18-15-12-9-6-3)62-56(59)50-47-44-41-38-35-32-29-25-23-20-17-14-11-8-5-2/h15,18,20-21,23,33,53H,4-14,16-17,19,22,24-32,34-52H2,1-3H3/b18-15-,23-20-,33-21-. The van der Waals surface area contributed by atoms with E-state index < -0.39 is 6.10 Å². The largest absolute Gasteiger partial charge is 0.462 e. The van der Waals surface area contributed by atoms with Crippen molar-refractivity contribution in [2.45, 2.75) is 290 Å². The van der Waals surface area contributed by atoms with Gasteiger partial charge in [0.25, 0.3) is 0 Å². The Hall–Kier alpha value is -2.37. The first-order valence-corrected chi connectivity index (χ1v) is 27.0. The summed E-state index contributed by atoms with van der Waals surface area (Å²) in [5.41, 5.74) is 0. The fraction of sp³-hybridized carbons (Fsp3) is 0.839. The monoisotopic (exact) mass is 871 g/mol. The minimum absolute atomic E-state index is 0.0792. The van der Waals surface area contributed by atoms with E-state index in [1.165, 1.54) is 173 Å². The summed E-state index contributed by atoms with van der Waals surface area (Å²) in [6.07, 6.45) is 59.9. The average Bonchev–Trinajstić information content (AvgIpc) is 3.27. The Balaban J connectivity index is 4.32. The Bertz CT molecular complexity index is 1050.